The molecule has 0 aliphatic heterocycles. The Morgan fingerprint density at radius 2 is 2.19 bits per heavy atom. The van der Waals surface area contributed by atoms with Crippen LogP contribution in [-0.2, 0) is 16.1 Å². The smallest absolute Gasteiger partial charge is 0.326 e. The molecule has 5 nitrogen and oxygen atoms in total. The molecule has 2 aromatic rings. The predicted octanol–water partition coefficient (Wildman–Crippen LogP) is 3.30. The van der Waals surface area contributed by atoms with Gasteiger partial charge < -0.3 is 9.84 Å². The lowest BCUT2D eigenvalue weighted by atomic mass is 10.3. The van der Waals surface area contributed by atoms with E-state index in [0.29, 0.717) is 15.4 Å². The average Bonchev–Trinajstić information content (AvgIpc) is 2.74. The fourth-order valence-electron chi connectivity index (χ4n) is 1.62. The van der Waals surface area contributed by atoms with E-state index in [1.54, 1.807) is 6.92 Å². The van der Waals surface area contributed by atoms with Crippen molar-refractivity contribution in [3.8, 4) is 5.88 Å². The Balaban J connectivity index is 2.21. The van der Waals surface area contributed by atoms with Crippen molar-refractivity contribution in [2.75, 3.05) is 6.61 Å². The lowest BCUT2D eigenvalue weighted by Crippen LogP contribution is -2.13. The third-order valence-corrected chi connectivity index (χ3v) is 3.95. The maximum atomic E-state index is 11.5. The van der Waals surface area contributed by atoms with Gasteiger partial charge in [-0.3, -0.25) is 14.4 Å². The van der Waals surface area contributed by atoms with Gasteiger partial charge in [0, 0.05) is 0 Å². The van der Waals surface area contributed by atoms with Gasteiger partial charge in [-0.1, -0.05) is 29.5 Å². The van der Waals surface area contributed by atoms with Crippen molar-refractivity contribution < 1.29 is 14.6 Å². The fourth-order valence-corrected chi connectivity index (χ4v) is 2.80. The Morgan fingerprint density at radius 3 is 2.86 bits per heavy atom. The van der Waals surface area contributed by atoms with Crippen LogP contribution in [0.1, 0.15) is 11.8 Å². The molecule has 0 radical (unpaired) electrons. The SMILES string of the molecule is CCOC(=O)Cn1c(O)c(C=Nc2ccccc2)sc1=S. The van der Waals surface area contributed by atoms with Crippen LogP contribution in [0.3, 0.4) is 0 Å². The van der Waals surface area contributed by atoms with Gasteiger partial charge in [-0.2, -0.15) is 0 Å². The van der Waals surface area contributed by atoms with Crippen molar-refractivity contribution in [2.24, 2.45) is 4.99 Å². The van der Waals surface area contributed by atoms with E-state index in [1.807, 2.05) is 30.3 Å². The second kappa shape index (κ2) is 7.14. The van der Waals surface area contributed by atoms with Gasteiger partial charge in [0.2, 0.25) is 5.88 Å². The van der Waals surface area contributed by atoms with Gasteiger partial charge in [0.1, 0.15) is 11.4 Å². The zero-order valence-corrected chi connectivity index (χ0v) is 13.0. The minimum absolute atomic E-state index is 0.0715. The molecule has 7 heteroatoms. The number of ether oxygens (including phenoxy) is 1. The number of carbonyl (C=O) groups is 1. The van der Waals surface area contributed by atoms with E-state index in [2.05, 4.69) is 4.99 Å². The molecule has 2 rings (SSSR count). The van der Waals surface area contributed by atoms with Crippen LogP contribution >= 0.6 is 23.6 Å². The molecule has 0 spiro atoms. The number of benzene rings is 1. The third-order valence-electron chi connectivity index (χ3n) is 2.57. The molecule has 0 bridgehead atoms. The monoisotopic (exact) mass is 322 g/mol. The maximum absolute atomic E-state index is 11.5. The van der Waals surface area contributed by atoms with Crippen LogP contribution in [0.15, 0.2) is 35.3 Å². The van der Waals surface area contributed by atoms with Gasteiger partial charge in [0.15, 0.2) is 3.95 Å². The Bertz CT molecular complexity index is 705. The summed E-state index contributed by atoms with van der Waals surface area (Å²) in [6.45, 7) is 1.91. The summed E-state index contributed by atoms with van der Waals surface area (Å²) >= 11 is 6.34. The number of thiazole rings is 1. The molecule has 1 N–H and O–H groups in total. The van der Waals surface area contributed by atoms with Gasteiger partial charge in [-0.15, -0.1) is 0 Å². The summed E-state index contributed by atoms with van der Waals surface area (Å²) in [6.07, 6.45) is 1.53. The van der Waals surface area contributed by atoms with Crippen LogP contribution in [0.25, 0.3) is 0 Å². The molecule has 0 unspecified atom stereocenters. The molecular weight excluding hydrogens is 308 g/mol. The van der Waals surface area contributed by atoms with Gasteiger partial charge >= 0.3 is 5.97 Å². The van der Waals surface area contributed by atoms with Gasteiger partial charge in [0.05, 0.1) is 18.5 Å². The second-order valence-corrected chi connectivity index (χ2v) is 5.72. The third kappa shape index (κ3) is 3.99. The number of esters is 1. The number of para-hydroxylation sites is 1. The molecule has 0 aliphatic rings. The first kappa shape index (κ1) is 15.4. The minimum atomic E-state index is -0.437. The van der Waals surface area contributed by atoms with Crippen molar-refractivity contribution >= 4 is 41.4 Å². The summed E-state index contributed by atoms with van der Waals surface area (Å²) < 4.78 is 6.58. The molecular formula is C14H14N2O3S2. The molecule has 0 saturated carbocycles. The minimum Gasteiger partial charge on any atom is -0.493 e. The van der Waals surface area contributed by atoms with Crippen LogP contribution in [0.2, 0.25) is 0 Å². The van der Waals surface area contributed by atoms with Crippen LogP contribution in [0.5, 0.6) is 5.88 Å². The van der Waals surface area contributed by atoms with Crippen LogP contribution in [0, 0.1) is 3.95 Å². The molecule has 110 valence electrons. The zero-order chi connectivity index (χ0) is 15.2. The Morgan fingerprint density at radius 1 is 1.48 bits per heavy atom. The van der Waals surface area contributed by atoms with Crippen LogP contribution in [0.4, 0.5) is 5.69 Å². The lowest BCUT2D eigenvalue weighted by molar-refractivity contribution is -0.143. The normalized spacial score (nSPS) is 10.9. The van der Waals surface area contributed by atoms with Crippen molar-refractivity contribution in [3.63, 3.8) is 0 Å². The number of carbonyl (C=O) groups excluding carboxylic acids is 1. The second-order valence-electron chi connectivity index (χ2n) is 4.04. The van der Waals surface area contributed by atoms with Crippen LogP contribution in [-0.4, -0.2) is 28.5 Å². The van der Waals surface area contributed by atoms with Gasteiger partial charge in [0.25, 0.3) is 0 Å². The number of aromatic nitrogens is 1. The topological polar surface area (TPSA) is 63.8 Å². The lowest BCUT2D eigenvalue weighted by Gasteiger charge is -2.04. The number of rotatable bonds is 5. The molecule has 0 aliphatic carbocycles. The van der Waals surface area contributed by atoms with E-state index in [-0.39, 0.29) is 12.4 Å². The van der Waals surface area contributed by atoms with Crippen molar-refractivity contribution in [3.05, 3.63) is 39.2 Å². The Kier molecular flexibility index (Phi) is 5.24. The quantitative estimate of drug-likeness (QED) is 0.521. The first-order valence-electron chi connectivity index (χ1n) is 6.29. The van der Waals surface area contributed by atoms with Crippen molar-refractivity contribution in [1.82, 2.24) is 4.57 Å². The fraction of sp³-hybridized carbons (Fsp3) is 0.214. The van der Waals surface area contributed by atoms with Crippen molar-refractivity contribution in [1.29, 1.82) is 0 Å². The van der Waals surface area contributed by atoms with Crippen molar-refractivity contribution in [2.45, 2.75) is 13.5 Å². The number of hydrogen-bond donors (Lipinski definition) is 1. The molecule has 0 amide bonds. The van der Waals surface area contributed by atoms with Crippen LogP contribution < -0.4 is 0 Å². The predicted molar refractivity (Wildman–Crippen MR) is 85.1 cm³/mol. The number of nitrogens with zero attached hydrogens (tertiary/aromatic N) is 2. The molecule has 0 atom stereocenters. The summed E-state index contributed by atoms with van der Waals surface area (Å²) in [6, 6.07) is 9.35. The molecule has 1 heterocycles. The summed E-state index contributed by atoms with van der Waals surface area (Å²) in [5.41, 5.74) is 0.771. The Hall–Kier alpha value is -1.99. The highest BCUT2D eigenvalue weighted by atomic mass is 32.1. The highest BCUT2D eigenvalue weighted by Crippen LogP contribution is 2.25. The largest absolute Gasteiger partial charge is 0.493 e. The van der Waals surface area contributed by atoms with E-state index in [0.717, 1.165) is 5.69 Å². The highest BCUT2D eigenvalue weighted by molar-refractivity contribution is 7.73. The van der Waals surface area contributed by atoms with Gasteiger partial charge in [-0.25, -0.2) is 0 Å². The standard InChI is InChI=1S/C14H14N2O3S2/c1-2-19-12(17)9-16-13(18)11(21-14(16)20)8-15-10-6-4-3-5-7-10/h3-8,18H,2,9H2,1H3. The molecule has 21 heavy (non-hydrogen) atoms. The zero-order valence-electron chi connectivity index (χ0n) is 11.4. The molecule has 1 aromatic heterocycles. The van der Waals surface area contributed by atoms with E-state index in [4.69, 9.17) is 17.0 Å². The van der Waals surface area contributed by atoms with E-state index >= 15 is 0 Å². The molecule has 0 saturated heterocycles. The number of aliphatic imine (C=N–C) groups is 1. The molecule has 1 aromatic carbocycles. The number of aromatic hydroxyl groups is 1. The van der Waals surface area contributed by atoms with E-state index < -0.39 is 5.97 Å². The number of hydrogen-bond acceptors (Lipinski definition) is 6. The van der Waals surface area contributed by atoms with E-state index in [1.165, 1.54) is 22.1 Å². The van der Waals surface area contributed by atoms with Gasteiger partial charge in [-0.05, 0) is 31.3 Å². The first-order valence-corrected chi connectivity index (χ1v) is 7.51. The summed E-state index contributed by atoms with van der Waals surface area (Å²) in [4.78, 5) is 16.2. The Labute approximate surface area is 131 Å². The first-order chi connectivity index (χ1) is 10.1. The summed E-state index contributed by atoms with van der Waals surface area (Å²) in [5, 5.41) is 10.1. The van der Waals surface area contributed by atoms with E-state index in [9.17, 15) is 9.90 Å². The summed E-state index contributed by atoms with van der Waals surface area (Å²) in [7, 11) is 0. The highest BCUT2D eigenvalue weighted by Gasteiger charge is 2.13. The molecule has 0 fully saturated rings. The maximum Gasteiger partial charge on any atom is 0.326 e. The average molecular weight is 322 g/mol. The summed E-state index contributed by atoms with van der Waals surface area (Å²) in [5.74, 6) is -0.508.